The summed E-state index contributed by atoms with van der Waals surface area (Å²) in [6.45, 7) is 2.05. The number of nitrogens with one attached hydrogen (secondary N) is 1. The predicted octanol–water partition coefficient (Wildman–Crippen LogP) is 2.03. The van der Waals surface area contributed by atoms with Crippen LogP contribution in [0.3, 0.4) is 0 Å². The van der Waals surface area contributed by atoms with Crippen molar-refractivity contribution in [3.8, 4) is 11.3 Å². The third kappa shape index (κ3) is 3.27. The largest absolute Gasteiger partial charge is 0.380 e. The lowest BCUT2D eigenvalue weighted by molar-refractivity contribution is -0.146. The SMILES string of the molecule is O=C(N1CCN(C(O)c2ccc(-c3[nH]nc4c(F)cccc34)cc2)CC1)C1(O)CC1. The van der Waals surface area contributed by atoms with Gasteiger partial charge in [0.25, 0.3) is 5.91 Å². The van der Waals surface area contributed by atoms with Crippen molar-refractivity contribution in [2.75, 3.05) is 26.2 Å². The Labute approximate surface area is 172 Å². The van der Waals surface area contributed by atoms with Gasteiger partial charge in [0.05, 0.1) is 5.69 Å². The third-order valence-electron chi connectivity index (χ3n) is 6.10. The van der Waals surface area contributed by atoms with Crippen molar-refractivity contribution in [3.05, 3.63) is 53.8 Å². The van der Waals surface area contributed by atoms with Crippen molar-refractivity contribution < 1.29 is 19.4 Å². The monoisotopic (exact) mass is 410 g/mol. The van der Waals surface area contributed by atoms with Crippen LogP contribution in [-0.4, -0.2) is 67.9 Å². The molecule has 3 aromatic rings. The van der Waals surface area contributed by atoms with Gasteiger partial charge in [0, 0.05) is 37.1 Å². The number of amides is 1. The number of benzene rings is 2. The van der Waals surface area contributed by atoms with Gasteiger partial charge in [-0.1, -0.05) is 36.4 Å². The zero-order valence-corrected chi connectivity index (χ0v) is 16.4. The van der Waals surface area contributed by atoms with Gasteiger partial charge in [-0.2, -0.15) is 5.10 Å². The molecule has 0 bridgehead atoms. The van der Waals surface area contributed by atoms with Crippen molar-refractivity contribution >= 4 is 16.8 Å². The van der Waals surface area contributed by atoms with Gasteiger partial charge in [-0.15, -0.1) is 0 Å². The first-order valence-electron chi connectivity index (χ1n) is 10.1. The minimum absolute atomic E-state index is 0.191. The van der Waals surface area contributed by atoms with Crippen LogP contribution in [-0.2, 0) is 4.79 Å². The van der Waals surface area contributed by atoms with E-state index in [1.165, 1.54) is 6.07 Å². The average Bonchev–Trinajstić information content (AvgIpc) is 3.38. The maximum atomic E-state index is 13.9. The quantitative estimate of drug-likeness (QED) is 0.612. The lowest BCUT2D eigenvalue weighted by Crippen LogP contribution is -2.52. The smallest absolute Gasteiger partial charge is 0.254 e. The summed E-state index contributed by atoms with van der Waals surface area (Å²) < 4.78 is 13.9. The minimum Gasteiger partial charge on any atom is -0.380 e. The van der Waals surface area contributed by atoms with Gasteiger partial charge in [-0.3, -0.25) is 14.8 Å². The topological polar surface area (TPSA) is 92.7 Å². The van der Waals surface area contributed by atoms with E-state index in [9.17, 15) is 19.4 Å². The fourth-order valence-electron chi connectivity index (χ4n) is 4.05. The summed E-state index contributed by atoms with van der Waals surface area (Å²) in [5, 5.41) is 28.4. The number of carbonyl (C=O) groups excluding carboxylic acids is 1. The Morgan fingerprint density at radius 3 is 2.47 bits per heavy atom. The number of H-pyrrole nitrogens is 1. The van der Waals surface area contributed by atoms with E-state index < -0.39 is 11.8 Å². The van der Waals surface area contributed by atoms with E-state index in [0.29, 0.717) is 49.9 Å². The highest BCUT2D eigenvalue weighted by molar-refractivity contribution is 5.93. The standard InChI is InChI=1S/C22H23FN4O3/c23-17-3-1-2-16-18(24-25-19(16)17)14-4-6-15(7-5-14)20(28)26-10-12-27(13-11-26)21(29)22(30)8-9-22/h1-7,20,28,30H,8-13H2,(H,24,25). The summed E-state index contributed by atoms with van der Waals surface area (Å²) in [4.78, 5) is 15.9. The number of aromatic amines is 1. The Kier molecular flexibility index (Phi) is 4.57. The van der Waals surface area contributed by atoms with Crippen LogP contribution < -0.4 is 0 Å². The van der Waals surface area contributed by atoms with Crippen LogP contribution in [0.5, 0.6) is 0 Å². The van der Waals surface area contributed by atoms with E-state index in [1.54, 1.807) is 11.0 Å². The Morgan fingerprint density at radius 1 is 1.10 bits per heavy atom. The van der Waals surface area contributed by atoms with Gasteiger partial charge in [-0.25, -0.2) is 4.39 Å². The zero-order chi connectivity index (χ0) is 20.9. The molecule has 30 heavy (non-hydrogen) atoms. The number of nitrogens with zero attached hydrogens (tertiary/aromatic N) is 3. The van der Waals surface area contributed by atoms with Crippen LogP contribution in [0.4, 0.5) is 4.39 Å². The van der Waals surface area contributed by atoms with Gasteiger partial charge in [-0.05, 0) is 24.5 Å². The minimum atomic E-state index is -1.14. The summed E-state index contributed by atoms with van der Waals surface area (Å²) in [5.74, 6) is -0.558. The van der Waals surface area contributed by atoms with Gasteiger partial charge in [0.1, 0.15) is 17.3 Å². The van der Waals surface area contributed by atoms with Crippen LogP contribution in [0.1, 0.15) is 24.6 Å². The van der Waals surface area contributed by atoms with E-state index in [4.69, 9.17) is 0 Å². The lowest BCUT2D eigenvalue weighted by atomic mass is 10.0. The molecule has 3 N–H and O–H groups in total. The maximum Gasteiger partial charge on any atom is 0.254 e. The molecule has 1 unspecified atom stereocenters. The highest BCUT2D eigenvalue weighted by atomic mass is 19.1. The molecule has 1 saturated carbocycles. The van der Waals surface area contributed by atoms with E-state index in [2.05, 4.69) is 10.2 Å². The Balaban J connectivity index is 1.27. The molecule has 1 aliphatic carbocycles. The first-order chi connectivity index (χ1) is 14.5. The maximum absolute atomic E-state index is 13.9. The lowest BCUT2D eigenvalue weighted by Gasteiger charge is -2.38. The highest BCUT2D eigenvalue weighted by Crippen LogP contribution is 2.37. The van der Waals surface area contributed by atoms with E-state index in [1.807, 2.05) is 35.2 Å². The Hall–Kier alpha value is -2.81. The molecule has 2 heterocycles. The second kappa shape index (κ2) is 7.16. The summed E-state index contributed by atoms with van der Waals surface area (Å²) >= 11 is 0. The molecular weight excluding hydrogens is 387 g/mol. The summed E-state index contributed by atoms with van der Waals surface area (Å²) in [5.41, 5.74) is 1.49. The van der Waals surface area contributed by atoms with Gasteiger partial charge >= 0.3 is 0 Å². The van der Waals surface area contributed by atoms with Gasteiger partial charge in [0.2, 0.25) is 0 Å². The van der Waals surface area contributed by atoms with Gasteiger partial charge < -0.3 is 15.1 Å². The summed E-state index contributed by atoms with van der Waals surface area (Å²) in [6.07, 6.45) is 0.301. The molecule has 156 valence electrons. The second-order valence-electron chi connectivity index (χ2n) is 8.09. The molecule has 1 amide bonds. The molecule has 1 aliphatic heterocycles. The normalized spacial score (nSPS) is 19.8. The van der Waals surface area contributed by atoms with E-state index >= 15 is 0 Å². The average molecular weight is 410 g/mol. The zero-order valence-electron chi connectivity index (χ0n) is 16.4. The number of hydrogen-bond acceptors (Lipinski definition) is 5. The van der Waals surface area contributed by atoms with Crippen LogP contribution in [0.2, 0.25) is 0 Å². The van der Waals surface area contributed by atoms with Crippen molar-refractivity contribution in [1.82, 2.24) is 20.0 Å². The van der Waals surface area contributed by atoms with Crippen LogP contribution >= 0.6 is 0 Å². The van der Waals surface area contributed by atoms with Crippen molar-refractivity contribution in [1.29, 1.82) is 0 Å². The number of aliphatic hydroxyl groups excluding tert-OH is 1. The van der Waals surface area contributed by atoms with Crippen molar-refractivity contribution in [2.24, 2.45) is 0 Å². The molecule has 0 spiro atoms. The fourth-order valence-corrected chi connectivity index (χ4v) is 4.05. The van der Waals surface area contributed by atoms with Gasteiger partial charge in [0.15, 0.2) is 5.82 Å². The molecule has 1 saturated heterocycles. The number of piperazine rings is 1. The second-order valence-corrected chi connectivity index (χ2v) is 8.09. The number of aromatic nitrogens is 2. The first-order valence-corrected chi connectivity index (χ1v) is 10.1. The highest BCUT2D eigenvalue weighted by Gasteiger charge is 2.50. The molecule has 2 aromatic carbocycles. The molecule has 5 rings (SSSR count). The third-order valence-corrected chi connectivity index (χ3v) is 6.10. The summed E-state index contributed by atoms with van der Waals surface area (Å²) in [6, 6.07) is 12.3. The molecule has 2 fully saturated rings. The number of halogens is 1. The Bertz CT molecular complexity index is 1090. The van der Waals surface area contributed by atoms with Crippen molar-refractivity contribution in [2.45, 2.75) is 24.7 Å². The number of para-hydroxylation sites is 1. The van der Waals surface area contributed by atoms with Crippen LogP contribution in [0, 0.1) is 5.82 Å². The van der Waals surface area contributed by atoms with Crippen LogP contribution in [0.25, 0.3) is 22.2 Å². The molecule has 8 heteroatoms. The summed E-state index contributed by atoms with van der Waals surface area (Å²) in [7, 11) is 0. The molecular formula is C22H23FN4O3. The Morgan fingerprint density at radius 2 is 1.80 bits per heavy atom. The predicted molar refractivity (Wildman–Crippen MR) is 109 cm³/mol. The first kappa shape index (κ1) is 19.2. The number of carbonyl (C=O) groups is 1. The number of aliphatic hydroxyl groups is 2. The number of rotatable bonds is 4. The molecule has 1 aromatic heterocycles. The molecule has 2 aliphatic rings. The van der Waals surface area contributed by atoms with Crippen molar-refractivity contribution in [3.63, 3.8) is 0 Å². The number of hydrogen-bond donors (Lipinski definition) is 3. The molecule has 0 radical (unpaired) electrons. The van der Waals surface area contributed by atoms with E-state index in [0.717, 1.165) is 16.8 Å². The molecule has 7 nitrogen and oxygen atoms in total. The van der Waals surface area contributed by atoms with Crippen LogP contribution in [0.15, 0.2) is 42.5 Å². The fraction of sp³-hybridized carbons (Fsp3) is 0.364. The van der Waals surface area contributed by atoms with E-state index in [-0.39, 0.29) is 11.7 Å². The number of fused-ring (bicyclic) bond motifs is 1. The molecule has 1 atom stereocenters.